The lowest BCUT2D eigenvalue weighted by Gasteiger charge is -2.16. The van der Waals surface area contributed by atoms with Crippen molar-refractivity contribution in [3.8, 4) is 11.5 Å². The number of nitrogens with one attached hydrogen (secondary N) is 1. The molecule has 0 aliphatic carbocycles. The molecular formula is C18H18F3NO5S2. The molecule has 0 heterocycles. The predicted molar refractivity (Wildman–Crippen MR) is 103 cm³/mol. The SMILES string of the molecule is COc1ccc(SC(C)C(=O)Nc2cc(S(=O)(=O)C(F)(F)F)ccc2OC)cc1. The molecule has 1 unspecified atom stereocenters. The van der Waals surface area contributed by atoms with Crippen molar-refractivity contribution in [3.05, 3.63) is 42.5 Å². The van der Waals surface area contributed by atoms with Crippen molar-refractivity contribution in [2.75, 3.05) is 19.5 Å². The van der Waals surface area contributed by atoms with E-state index < -0.39 is 31.4 Å². The van der Waals surface area contributed by atoms with Crippen LogP contribution in [0.15, 0.2) is 52.3 Å². The summed E-state index contributed by atoms with van der Waals surface area (Å²) in [6.45, 7) is 1.60. The molecule has 0 radical (unpaired) electrons. The average Bonchev–Trinajstić information content (AvgIpc) is 2.67. The summed E-state index contributed by atoms with van der Waals surface area (Å²) in [6, 6.07) is 9.50. The van der Waals surface area contributed by atoms with E-state index in [1.54, 1.807) is 31.2 Å². The van der Waals surface area contributed by atoms with Crippen molar-refractivity contribution in [3.63, 3.8) is 0 Å². The van der Waals surface area contributed by atoms with E-state index in [4.69, 9.17) is 9.47 Å². The Hall–Kier alpha value is -2.40. The lowest BCUT2D eigenvalue weighted by molar-refractivity contribution is -0.115. The van der Waals surface area contributed by atoms with Gasteiger partial charge in [0.2, 0.25) is 5.91 Å². The van der Waals surface area contributed by atoms with Gasteiger partial charge in [-0.1, -0.05) is 0 Å². The molecule has 0 bridgehead atoms. The molecule has 0 aliphatic rings. The lowest BCUT2D eigenvalue weighted by Crippen LogP contribution is -2.25. The number of carbonyl (C=O) groups excluding carboxylic acids is 1. The van der Waals surface area contributed by atoms with Crippen LogP contribution in [0, 0.1) is 0 Å². The second kappa shape index (κ2) is 8.95. The first kappa shape index (κ1) is 22.9. The van der Waals surface area contributed by atoms with Crippen LogP contribution < -0.4 is 14.8 Å². The number of hydrogen-bond acceptors (Lipinski definition) is 6. The fourth-order valence-corrected chi connectivity index (χ4v) is 3.89. The normalized spacial score (nSPS) is 12.9. The van der Waals surface area contributed by atoms with Gasteiger partial charge in [0.25, 0.3) is 9.84 Å². The quantitative estimate of drug-likeness (QED) is 0.641. The van der Waals surface area contributed by atoms with E-state index in [1.165, 1.54) is 26.0 Å². The van der Waals surface area contributed by atoms with Crippen LogP contribution in [0.2, 0.25) is 0 Å². The van der Waals surface area contributed by atoms with Crippen LogP contribution in [0.4, 0.5) is 18.9 Å². The third-order valence-corrected chi connectivity index (χ3v) is 6.38. The Kier molecular flexibility index (Phi) is 7.06. The molecule has 0 aliphatic heterocycles. The van der Waals surface area contributed by atoms with Gasteiger partial charge in [0, 0.05) is 4.90 Å². The number of amides is 1. The molecule has 1 N–H and O–H groups in total. The minimum absolute atomic E-state index is 0.0288. The molecule has 0 saturated heterocycles. The number of anilines is 1. The van der Waals surface area contributed by atoms with Gasteiger partial charge >= 0.3 is 5.51 Å². The monoisotopic (exact) mass is 449 g/mol. The smallest absolute Gasteiger partial charge is 0.497 e. The van der Waals surface area contributed by atoms with Crippen molar-refractivity contribution in [1.29, 1.82) is 0 Å². The minimum atomic E-state index is -5.56. The summed E-state index contributed by atoms with van der Waals surface area (Å²) in [7, 11) is -2.78. The molecule has 1 atom stereocenters. The molecule has 1 amide bonds. The molecule has 2 aromatic carbocycles. The molecule has 0 fully saturated rings. The topological polar surface area (TPSA) is 81.7 Å². The molecule has 158 valence electrons. The van der Waals surface area contributed by atoms with Crippen molar-refractivity contribution in [2.45, 2.75) is 27.5 Å². The fourth-order valence-electron chi connectivity index (χ4n) is 2.23. The zero-order valence-corrected chi connectivity index (χ0v) is 17.2. The predicted octanol–water partition coefficient (Wildman–Crippen LogP) is 4.12. The molecule has 2 aromatic rings. The van der Waals surface area contributed by atoms with Gasteiger partial charge in [-0.25, -0.2) is 8.42 Å². The van der Waals surface area contributed by atoms with Crippen molar-refractivity contribution in [2.24, 2.45) is 0 Å². The van der Waals surface area contributed by atoms with Crippen LogP contribution in [0.5, 0.6) is 11.5 Å². The Labute approximate surface area is 170 Å². The summed E-state index contributed by atoms with van der Waals surface area (Å²) < 4.78 is 71.7. The van der Waals surface area contributed by atoms with E-state index in [9.17, 15) is 26.4 Å². The first-order valence-electron chi connectivity index (χ1n) is 8.10. The van der Waals surface area contributed by atoms with Gasteiger partial charge in [-0.2, -0.15) is 13.2 Å². The van der Waals surface area contributed by atoms with Crippen molar-refractivity contribution >= 4 is 33.2 Å². The number of benzene rings is 2. The maximum atomic E-state index is 12.8. The Balaban J connectivity index is 2.22. The number of carbonyl (C=O) groups is 1. The second-order valence-electron chi connectivity index (χ2n) is 5.74. The number of halogens is 3. The molecule has 0 aromatic heterocycles. The van der Waals surface area contributed by atoms with E-state index in [-0.39, 0.29) is 11.4 Å². The zero-order valence-electron chi connectivity index (χ0n) is 15.6. The van der Waals surface area contributed by atoms with E-state index in [0.29, 0.717) is 5.75 Å². The van der Waals surface area contributed by atoms with Crippen LogP contribution in [-0.2, 0) is 14.6 Å². The van der Waals surface area contributed by atoms with Crippen molar-refractivity contribution < 1.29 is 35.9 Å². The number of thioether (sulfide) groups is 1. The number of methoxy groups -OCH3 is 2. The summed E-state index contributed by atoms with van der Waals surface area (Å²) >= 11 is 1.21. The van der Waals surface area contributed by atoms with E-state index in [1.807, 2.05) is 0 Å². The highest BCUT2D eigenvalue weighted by molar-refractivity contribution is 8.00. The Morgan fingerprint density at radius 2 is 1.69 bits per heavy atom. The van der Waals surface area contributed by atoms with Gasteiger partial charge in [0.05, 0.1) is 30.1 Å². The summed E-state index contributed by atoms with van der Waals surface area (Å²) in [4.78, 5) is 12.3. The second-order valence-corrected chi connectivity index (χ2v) is 9.09. The number of alkyl halides is 3. The number of hydrogen-bond donors (Lipinski definition) is 1. The molecule has 6 nitrogen and oxygen atoms in total. The number of sulfone groups is 1. The first-order chi connectivity index (χ1) is 13.5. The maximum Gasteiger partial charge on any atom is 0.501 e. The molecule has 0 saturated carbocycles. The lowest BCUT2D eigenvalue weighted by atomic mass is 10.3. The number of ether oxygens (including phenoxy) is 2. The minimum Gasteiger partial charge on any atom is -0.497 e. The van der Waals surface area contributed by atoms with Gasteiger partial charge in [-0.05, 0) is 49.4 Å². The summed E-state index contributed by atoms with van der Waals surface area (Å²) in [5.41, 5.74) is -5.63. The van der Waals surface area contributed by atoms with E-state index >= 15 is 0 Å². The van der Waals surface area contributed by atoms with Gasteiger partial charge in [-0.15, -0.1) is 11.8 Å². The molecule has 11 heteroatoms. The number of rotatable bonds is 7. The summed E-state index contributed by atoms with van der Waals surface area (Å²) in [6.07, 6.45) is 0. The van der Waals surface area contributed by atoms with E-state index in [2.05, 4.69) is 5.32 Å². The largest absolute Gasteiger partial charge is 0.501 e. The van der Waals surface area contributed by atoms with Gasteiger partial charge < -0.3 is 14.8 Å². The van der Waals surface area contributed by atoms with Crippen LogP contribution in [0.1, 0.15) is 6.92 Å². The Bertz CT molecular complexity index is 976. The third-order valence-electron chi connectivity index (χ3n) is 3.79. The van der Waals surface area contributed by atoms with Crippen LogP contribution in [0.3, 0.4) is 0 Å². The fraction of sp³-hybridized carbons (Fsp3) is 0.278. The standard InChI is InChI=1S/C18H18F3NO5S2/c1-11(28-13-6-4-12(26-2)5-7-13)17(23)22-15-10-14(8-9-16(15)27-3)29(24,25)18(19,20)21/h4-11H,1-3H3,(H,22,23). The van der Waals surface area contributed by atoms with Crippen LogP contribution in [0.25, 0.3) is 0 Å². The van der Waals surface area contributed by atoms with Crippen LogP contribution >= 0.6 is 11.8 Å². The third kappa shape index (κ3) is 5.36. The highest BCUT2D eigenvalue weighted by Gasteiger charge is 2.47. The molecule has 2 rings (SSSR count). The maximum absolute atomic E-state index is 12.8. The summed E-state index contributed by atoms with van der Waals surface area (Å²) in [5.74, 6) is 0.144. The Morgan fingerprint density at radius 1 is 1.07 bits per heavy atom. The molecular weight excluding hydrogens is 431 g/mol. The van der Waals surface area contributed by atoms with Gasteiger partial charge in [0.1, 0.15) is 11.5 Å². The highest BCUT2D eigenvalue weighted by Crippen LogP contribution is 2.35. The highest BCUT2D eigenvalue weighted by atomic mass is 32.2. The molecule has 29 heavy (non-hydrogen) atoms. The average molecular weight is 449 g/mol. The van der Waals surface area contributed by atoms with Crippen molar-refractivity contribution in [1.82, 2.24) is 0 Å². The zero-order chi connectivity index (χ0) is 21.8. The Morgan fingerprint density at radius 3 is 2.21 bits per heavy atom. The van der Waals surface area contributed by atoms with E-state index in [0.717, 1.165) is 23.1 Å². The first-order valence-corrected chi connectivity index (χ1v) is 10.5. The van der Waals surface area contributed by atoms with Gasteiger partial charge in [0.15, 0.2) is 0 Å². The van der Waals surface area contributed by atoms with Crippen LogP contribution in [-0.4, -0.2) is 39.3 Å². The summed E-state index contributed by atoms with van der Waals surface area (Å²) in [5, 5.41) is 1.80. The molecule has 0 spiro atoms. The van der Waals surface area contributed by atoms with Gasteiger partial charge in [-0.3, -0.25) is 4.79 Å².